The summed E-state index contributed by atoms with van der Waals surface area (Å²) in [6.07, 6.45) is 7.41. The van der Waals surface area contributed by atoms with Gasteiger partial charge in [-0.2, -0.15) is 0 Å². The van der Waals surface area contributed by atoms with E-state index in [-0.39, 0.29) is 5.91 Å². The van der Waals surface area contributed by atoms with Crippen LogP contribution in [0.15, 0.2) is 6.20 Å². The van der Waals surface area contributed by atoms with Crippen LogP contribution >= 0.6 is 11.5 Å². The van der Waals surface area contributed by atoms with Gasteiger partial charge in [0.25, 0.3) is 5.91 Å². The average molecular weight is 255 g/mol. The largest absolute Gasteiger partial charge is 0.388 e. The van der Waals surface area contributed by atoms with Crippen molar-refractivity contribution in [2.75, 3.05) is 6.54 Å². The third-order valence-electron chi connectivity index (χ3n) is 3.20. The van der Waals surface area contributed by atoms with Crippen LogP contribution in [0.1, 0.15) is 48.2 Å². The van der Waals surface area contributed by atoms with Crippen LogP contribution in [0.3, 0.4) is 0 Å². The van der Waals surface area contributed by atoms with Crippen LogP contribution in [0.25, 0.3) is 0 Å². The molecular formula is C11H17N3O2S. The van der Waals surface area contributed by atoms with Crippen LogP contribution in [0.5, 0.6) is 0 Å². The molecule has 5 nitrogen and oxygen atoms in total. The first kappa shape index (κ1) is 12.4. The smallest absolute Gasteiger partial charge is 0.264 e. The molecule has 2 N–H and O–H groups in total. The van der Waals surface area contributed by atoms with E-state index in [0.717, 1.165) is 37.2 Å². The van der Waals surface area contributed by atoms with Gasteiger partial charge in [0.15, 0.2) is 0 Å². The fourth-order valence-electron chi connectivity index (χ4n) is 2.16. The Morgan fingerprint density at radius 2 is 2.12 bits per heavy atom. The standard InChI is InChI=1S/C11H17N3O2S/c15-10(9-7-13-14-17-9)12-8-11(16)5-3-1-2-4-6-11/h7,16H,1-6,8H2,(H,12,15). The topological polar surface area (TPSA) is 75.1 Å². The maximum Gasteiger partial charge on any atom is 0.264 e. The summed E-state index contributed by atoms with van der Waals surface area (Å²) in [4.78, 5) is 12.2. The lowest BCUT2D eigenvalue weighted by Crippen LogP contribution is -2.42. The van der Waals surface area contributed by atoms with Gasteiger partial charge in [0.2, 0.25) is 0 Å². The van der Waals surface area contributed by atoms with Gasteiger partial charge in [-0.1, -0.05) is 30.2 Å². The predicted octanol–water partition coefficient (Wildman–Crippen LogP) is 1.35. The normalized spacial score (nSPS) is 19.6. The molecule has 0 atom stereocenters. The number of aliphatic hydroxyl groups is 1. The number of amides is 1. The molecule has 0 radical (unpaired) electrons. The lowest BCUT2D eigenvalue weighted by molar-refractivity contribution is 0.0247. The van der Waals surface area contributed by atoms with E-state index in [1.165, 1.54) is 19.0 Å². The Hall–Kier alpha value is -1.01. The Morgan fingerprint density at radius 3 is 2.71 bits per heavy atom. The summed E-state index contributed by atoms with van der Waals surface area (Å²) in [7, 11) is 0. The molecule has 1 heterocycles. The molecule has 1 aromatic heterocycles. The number of nitrogens with zero attached hydrogens (tertiary/aromatic N) is 2. The zero-order chi connectivity index (χ0) is 12.1. The third-order valence-corrected chi connectivity index (χ3v) is 3.86. The molecule has 2 rings (SSSR count). The summed E-state index contributed by atoms with van der Waals surface area (Å²) in [5, 5.41) is 16.7. The van der Waals surface area contributed by atoms with Gasteiger partial charge in [0.1, 0.15) is 4.88 Å². The summed E-state index contributed by atoms with van der Waals surface area (Å²) in [6, 6.07) is 0. The maximum atomic E-state index is 11.7. The van der Waals surface area contributed by atoms with Crippen molar-refractivity contribution >= 4 is 17.4 Å². The van der Waals surface area contributed by atoms with Gasteiger partial charge >= 0.3 is 0 Å². The lowest BCUT2D eigenvalue weighted by atomic mass is 9.94. The molecule has 0 saturated heterocycles. The minimum absolute atomic E-state index is 0.197. The first-order chi connectivity index (χ1) is 8.20. The molecule has 1 aromatic rings. The van der Waals surface area contributed by atoms with Gasteiger partial charge in [-0.25, -0.2) is 0 Å². The Morgan fingerprint density at radius 1 is 1.41 bits per heavy atom. The number of aromatic nitrogens is 2. The van der Waals surface area contributed by atoms with Crippen LogP contribution < -0.4 is 5.32 Å². The molecular weight excluding hydrogens is 238 g/mol. The highest BCUT2D eigenvalue weighted by atomic mass is 32.1. The molecule has 94 valence electrons. The molecule has 1 aliphatic carbocycles. The second-order valence-corrected chi connectivity index (χ2v) is 5.39. The first-order valence-electron chi connectivity index (χ1n) is 5.98. The van der Waals surface area contributed by atoms with Crippen LogP contribution in [0.2, 0.25) is 0 Å². The summed E-state index contributed by atoms with van der Waals surface area (Å²) in [6.45, 7) is 0.323. The van der Waals surface area contributed by atoms with E-state index in [0.29, 0.717) is 11.4 Å². The van der Waals surface area contributed by atoms with Crippen molar-refractivity contribution in [3.8, 4) is 0 Å². The highest BCUT2D eigenvalue weighted by Crippen LogP contribution is 2.26. The van der Waals surface area contributed by atoms with Gasteiger partial charge in [0.05, 0.1) is 11.8 Å². The van der Waals surface area contributed by atoms with Crippen molar-refractivity contribution in [2.45, 2.75) is 44.1 Å². The number of rotatable bonds is 3. The monoisotopic (exact) mass is 255 g/mol. The van der Waals surface area contributed by atoms with Crippen molar-refractivity contribution in [3.05, 3.63) is 11.1 Å². The molecule has 0 unspecified atom stereocenters. The lowest BCUT2D eigenvalue weighted by Gasteiger charge is -2.26. The Bertz CT molecular complexity index is 359. The highest BCUT2D eigenvalue weighted by molar-refractivity contribution is 7.07. The molecule has 6 heteroatoms. The van der Waals surface area contributed by atoms with Gasteiger partial charge < -0.3 is 10.4 Å². The number of carbonyl (C=O) groups excluding carboxylic acids is 1. The second kappa shape index (κ2) is 5.55. The zero-order valence-corrected chi connectivity index (χ0v) is 10.5. The fraction of sp³-hybridized carbons (Fsp3) is 0.727. The fourth-order valence-corrected chi connectivity index (χ4v) is 2.59. The van der Waals surface area contributed by atoms with Crippen molar-refractivity contribution < 1.29 is 9.90 Å². The van der Waals surface area contributed by atoms with E-state index < -0.39 is 5.60 Å². The molecule has 0 aliphatic heterocycles. The van der Waals surface area contributed by atoms with Gasteiger partial charge in [0, 0.05) is 6.54 Å². The minimum atomic E-state index is -0.732. The molecule has 1 fully saturated rings. The van der Waals surface area contributed by atoms with Gasteiger partial charge in [-0.15, -0.1) is 5.10 Å². The molecule has 17 heavy (non-hydrogen) atoms. The van der Waals surface area contributed by atoms with E-state index >= 15 is 0 Å². The van der Waals surface area contributed by atoms with E-state index in [1.54, 1.807) is 0 Å². The van der Waals surface area contributed by atoms with Crippen molar-refractivity contribution in [2.24, 2.45) is 0 Å². The molecule has 0 bridgehead atoms. The van der Waals surface area contributed by atoms with Crippen molar-refractivity contribution in [3.63, 3.8) is 0 Å². The number of nitrogens with one attached hydrogen (secondary N) is 1. The summed E-state index contributed by atoms with van der Waals surface area (Å²) in [5.74, 6) is -0.197. The predicted molar refractivity (Wildman–Crippen MR) is 64.9 cm³/mol. The summed E-state index contributed by atoms with van der Waals surface area (Å²) < 4.78 is 3.64. The number of hydrogen-bond donors (Lipinski definition) is 2. The van der Waals surface area contributed by atoms with Gasteiger partial charge in [-0.3, -0.25) is 4.79 Å². The van der Waals surface area contributed by atoms with E-state index in [1.807, 2.05) is 0 Å². The quantitative estimate of drug-likeness (QED) is 0.800. The Balaban J connectivity index is 1.86. The molecule has 1 amide bonds. The Labute approximate surface area is 104 Å². The minimum Gasteiger partial charge on any atom is -0.388 e. The molecule has 1 saturated carbocycles. The van der Waals surface area contributed by atoms with Gasteiger partial charge in [-0.05, 0) is 24.4 Å². The van der Waals surface area contributed by atoms with Crippen molar-refractivity contribution in [1.29, 1.82) is 0 Å². The average Bonchev–Trinajstić information content (AvgIpc) is 2.77. The van der Waals surface area contributed by atoms with E-state index in [9.17, 15) is 9.90 Å². The SMILES string of the molecule is O=C(NCC1(O)CCCCCC1)c1cnns1. The van der Waals surface area contributed by atoms with Crippen LogP contribution in [-0.4, -0.2) is 32.7 Å². The highest BCUT2D eigenvalue weighted by Gasteiger charge is 2.28. The van der Waals surface area contributed by atoms with E-state index in [4.69, 9.17) is 0 Å². The first-order valence-corrected chi connectivity index (χ1v) is 6.75. The van der Waals surface area contributed by atoms with Crippen LogP contribution in [-0.2, 0) is 0 Å². The molecule has 1 aliphatic rings. The Kier molecular flexibility index (Phi) is 4.06. The summed E-state index contributed by atoms with van der Waals surface area (Å²) >= 11 is 1.07. The maximum absolute atomic E-state index is 11.7. The summed E-state index contributed by atoms with van der Waals surface area (Å²) in [5.41, 5.74) is -0.732. The second-order valence-electron chi connectivity index (χ2n) is 4.60. The van der Waals surface area contributed by atoms with E-state index in [2.05, 4.69) is 14.9 Å². The zero-order valence-electron chi connectivity index (χ0n) is 9.69. The van der Waals surface area contributed by atoms with Crippen LogP contribution in [0, 0.1) is 0 Å². The van der Waals surface area contributed by atoms with Crippen LogP contribution in [0.4, 0.5) is 0 Å². The number of hydrogen-bond acceptors (Lipinski definition) is 5. The van der Waals surface area contributed by atoms with Crippen molar-refractivity contribution in [1.82, 2.24) is 14.9 Å². The number of carbonyl (C=O) groups is 1. The molecule has 0 spiro atoms. The molecule has 0 aromatic carbocycles. The third kappa shape index (κ3) is 3.47.